The molecule has 1 saturated heterocycles. The smallest absolute Gasteiger partial charge is 0.478 e. The number of methoxy groups -OCH3 is 1. The third kappa shape index (κ3) is 4.11. The number of nitrogens with one attached hydrogen (secondary N) is 1. The quantitative estimate of drug-likeness (QED) is 0.288. The summed E-state index contributed by atoms with van der Waals surface area (Å²) in [5.74, 6) is -1.66. The van der Waals surface area contributed by atoms with Gasteiger partial charge in [-0.05, 0) is 11.6 Å². The van der Waals surface area contributed by atoms with Crippen LogP contribution < -0.4 is 5.32 Å². The number of carbonyl (C=O) groups excluding carboxylic acids is 3. The van der Waals surface area contributed by atoms with Crippen molar-refractivity contribution in [3.05, 3.63) is 22.3 Å². The lowest BCUT2D eigenvalue weighted by molar-refractivity contribution is -0.147. The van der Waals surface area contributed by atoms with Crippen LogP contribution in [0.15, 0.2) is 16.9 Å². The number of hydrogen-bond donors (Lipinski definition) is 2. The summed E-state index contributed by atoms with van der Waals surface area (Å²) < 4.78 is 19.4. The first-order chi connectivity index (χ1) is 11.9. The van der Waals surface area contributed by atoms with Crippen molar-refractivity contribution in [3.8, 4) is 0 Å². The van der Waals surface area contributed by atoms with E-state index in [1.54, 1.807) is 0 Å². The Labute approximate surface area is 141 Å². The van der Waals surface area contributed by atoms with E-state index in [0.29, 0.717) is 0 Å². The molecule has 1 fully saturated rings. The van der Waals surface area contributed by atoms with Gasteiger partial charge in [-0.2, -0.15) is 0 Å². The zero-order chi connectivity index (χ0) is 18.6. The number of ether oxygens (including phenoxy) is 4. The number of hydrogen-bond acceptors (Lipinski definition) is 9. The van der Waals surface area contributed by atoms with E-state index in [0.717, 1.165) is 7.11 Å². The van der Waals surface area contributed by atoms with E-state index in [-0.39, 0.29) is 12.4 Å². The second-order valence-electron chi connectivity index (χ2n) is 5.23. The van der Waals surface area contributed by atoms with Crippen molar-refractivity contribution in [3.63, 3.8) is 0 Å². The van der Waals surface area contributed by atoms with Crippen molar-refractivity contribution in [2.75, 3.05) is 13.7 Å². The zero-order valence-electron chi connectivity index (χ0n) is 13.3. The molecule has 12 nitrogen and oxygen atoms in total. The van der Waals surface area contributed by atoms with Crippen molar-refractivity contribution in [1.29, 1.82) is 0 Å². The molecule has 2 N–H and O–H groups in total. The Balaban J connectivity index is 2.36. The number of carbonyl (C=O) groups is 3. The summed E-state index contributed by atoms with van der Waals surface area (Å²) in [5, 5.41) is 16.5. The molecule has 0 aromatic heterocycles. The molecule has 0 saturated carbocycles. The van der Waals surface area contributed by atoms with E-state index in [2.05, 4.69) is 24.8 Å². The van der Waals surface area contributed by atoms with Gasteiger partial charge in [0.05, 0.1) is 19.2 Å². The van der Waals surface area contributed by atoms with Gasteiger partial charge < -0.3 is 29.4 Å². The van der Waals surface area contributed by atoms with Crippen LogP contribution in [-0.2, 0) is 28.5 Å². The fourth-order valence-corrected chi connectivity index (χ4v) is 2.50. The van der Waals surface area contributed by atoms with Crippen LogP contribution in [0.2, 0.25) is 0 Å². The second-order valence-corrected chi connectivity index (χ2v) is 5.23. The first-order valence-electron chi connectivity index (χ1n) is 7.17. The van der Waals surface area contributed by atoms with Gasteiger partial charge in [-0.25, -0.2) is 9.59 Å². The molecule has 136 valence electrons. The standard InChI is InChI=1S/C13H16N4O8/c1-5(18)15-9-6(16-17-14)3-7(12(20)22-2)24-11(9)10(19)8-4-23-13(21)25-8/h3,6,8-11,19H,4H2,1-2H3,(H,15,18)/t6-,8+,9+,10+,11+/m0/s1. The van der Waals surface area contributed by atoms with Gasteiger partial charge in [-0.3, -0.25) is 4.79 Å². The van der Waals surface area contributed by atoms with Crippen LogP contribution in [0.4, 0.5) is 4.79 Å². The highest BCUT2D eigenvalue weighted by atomic mass is 16.8. The fraction of sp³-hybridized carbons (Fsp3) is 0.615. The third-order valence-corrected chi connectivity index (χ3v) is 3.58. The molecule has 25 heavy (non-hydrogen) atoms. The molecule has 2 aliphatic rings. The summed E-state index contributed by atoms with van der Waals surface area (Å²) in [5.41, 5.74) is 8.73. The molecule has 2 rings (SSSR count). The second kappa shape index (κ2) is 7.73. The lowest BCUT2D eigenvalue weighted by atomic mass is 9.92. The van der Waals surface area contributed by atoms with E-state index in [1.165, 1.54) is 13.0 Å². The molecule has 0 bridgehead atoms. The summed E-state index contributed by atoms with van der Waals surface area (Å²) in [7, 11) is 1.12. The molecule has 0 aliphatic carbocycles. The number of azide groups is 1. The molecule has 2 heterocycles. The monoisotopic (exact) mass is 356 g/mol. The number of aliphatic hydroxyl groups is 1. The molecular formula is C13H16N4O8. The highest BCUT2D eigenvalue weighted by molar-refractivity contribution is 5.86. The molecular weight excluding hydrogens is 340 g/mol. The maximum Gasteiger partial charge on any atom is 0.508 e. The first-order valence-corrected chi connectivity index (χ1v) is 7.17. The summed E-state index contributed by atoms with van der Waals surface area (Å²) >= 11 is 0. The van der Waals surface area contributed by atoms with E-state index >= 15 is 0 Å². The summed E-state index contributed by atoms with van der Waals surface area (Å²) in [6.07, 6.45) is -3.62. The molecule has 5 atom stereocenters. The maximum absolute atomic E-state index is 11.8. The van der Waals surface area contributed by atoms with Gasteiger partial charge in [0.2, 0.25) is 11.7 Å². The van der Waals surface area contributed by atoms with Crippen LogP contribution in [0.25, 0.3) is 10.4 Å². The van der Waals surface area contributed by atoms with Crippen molar-refractivity contribution >= 4 is 18.0 Å². The number of cyclic esters (lactones) is 2. The summed E-state index contributed by atoms with van der Waals surface area (Å²) in [6, 6.07) is -2.06. The number of aliphatic hydroxyl groups excluding tert-OH is 1. The summed E-state index contributed by atoms with van der Waals surface area (Å²) in [6.45, 7) is 0.977. The molecule has 2 aliphatic heterocycles. The van der Waals surface area contributed by atoms with Crippen molar-refractivity contribution in [2.45, 2.75) is 37.3 Å². The van der Waals surface area contributed by atoms with Gasteiger partial charge in [0.1, 0.15) is 18.8 Å². The highest BCUT2D eigenvalue weighted by Gasteiger charge is 2.46. The predicted octanol–water partition coefficient (Wildman–Crippen LogP) is -0.478. The molecule has 0 spiro atoms. The molecule has 0 aromatic rings. The van der Waals surface area contributed by atoms with Gasteiger partial charge in [-0.1, -0.05) is 5.11 Å². The van der Waals surface area contributed by atoms with Gasteiger partial charge in [0.25, 0.3) is 0 Å². The van der Waals surface area contributed by atoms with Crippen LogP contribution in [0, 0.1) is 0 Å². The fourth-order valence-electron chi connectivity index (χ4n) is 2.50. The normalized spacial score (nSPS) is 29.1. The SMILES string of the molecule is COC(=O)C1=C[C@H](N=[N+]=[N-])[C@@H](NC(C)=O)[C@H]([C@H](O)[C@H]2COC(=O)O2)O1. The Morgan fingerprint density at radius 3 is 2.76 bits per heavy atom. The Bertz CT molecular complexity index is 644. The van der Waals surface area contributed by atoms with Crippen LogP contribution in [0.3, 0.4) is 0 Å². The minimum absolute atomic E-state index is 0.240. The molecule has 0 aromatic carbocycles. The van der Waals surface area contributed by atoms with E-state index in [9.17, 15) is 19.5 Å². The minimum atomic E-state index is -1.48. The first kappa shape index (κ1) is 18.4. The van der Waals surface area contributed by atoms with Gasteiger partial charge >= 0.3 is 12.1 Å². The highest BCUT2D eigenvalue weighted by Crippen LogP contribution is 2.27. The number of esters is 1. The number of amides is 1. The minimum Gasteiger partial charge on any atom is -0.478 e. The summed E-state index contributed by atoms with van der Waals surface area (Å²) in [4.78, 5) is 37.0. The molecule has 1 amide bonds. The predicted molar refractivity (Wildman–Crippen MR) is 77.7 cm³/mol. The lowest BCUT2D eigenvalue weighted by Crippen LogP contribution is -2.59. The van der Waals surface area contributed by atoms with E-state index in [4.69, 9.17) is 15.0 Å². The Kier molecular flexibility index (Phi) is 5.67. The van der Waals surface area contributed by atoms with E-state index < -0.39 is 48.4 Å². The number of nitrogens with zero attached hydrogens (tertiary/aromatic N) is 3. The number of rotatable bonds is 5. The lowest BCUT2D eigenvalue weighted by Gasteiger charge is -2.38. The Morgan fingerprint density at radius 1 is 1.52 bits per heavy atom. The van der Waals surface area contributed by atoms with Crippen LogP contribution in [0.5, 0.6) is 0 Å². The van der Waals surface area contributed by atoms with Gasteiger partial charge in [0.15, 0.2) is 6.10 Å². The maximum atomic E-state index is 11.8. The van der Waals surface area contributed by atoms with Crippen molar-refractivity contribution in [1.82, 2.24) is 5.32 Å². The van der Waals surface area contributed by atoms with Crippen LogP contribution in [0.1, 0.15) is 6.92 Å². The van der Waals surface area contributed by atoms with Gasteiger partial charge in [-0.15, -0.1) is 0 Å². The average Bonchev–Trinajstić information content (AvgIpc) is 3.01. The topological polar surface area (TPSA) is 169 Å². The van der Waals surface area contributed by atoms with Crippen molar-refractivity contribution in [2.24, 2.45) is 5.11 Å². The Morgan fingerprint density at radius 2 is 2.24 bits per heavy atom. The Hall–Kier alpha value is -2.98. The average molecular weight is 356 g/mol. The van der Waals surface area contributed by atoms with Crippen molar-refractivity contribution < 1.29 is 38.4 Å². The molecule has 0 unspecified atom stereocenters. The zero-order valence-corrected chi connectivity index (χ0v) is 13.3. The van der Waals surface area contributed by atoms with Crippen LogP contribution in [-0.4, -0.2) is 67.3 Å². The third-order valence-electron chi connectivity index (χ3n) is 3.58. The largest absolute Gasteiger partial charge is 0.508 e. The van der Waals surface area contributed by atoms with Gasteiger partial charge in [0, 0.05) is 11.8 Å². The molecule has 0 radical (unpaired) electrons. The molecule has 12 heteroatoms. The van der Waals surface area contributed by atoms with E-state index in [1.807, 2.05) is 0 Å². The van der Waals surface area contributed by atoms with Crippen LogP contribution >= 0.6 is 0 Å².